The summed E-state index contributed by atoms with van der Waals surface area (Å²) in [4.78, 5) is 31.4. The van der Waals surface area contributed by atoms with Crippen LogP contribution >= 0.6 is 22.7 Å². The Morgan fingerprint density at radius 1 is 1.22 bits per heavy atom. The second kappa shape index (κ2) is 7.25. The quantitative estimate of drug-likeness (QED) is 0.617. The summed E-state index contributed by atoms with van der Waals surface area (Å²) in [6, 6.07) is 7.90. The molecule has 0 aliphatic carbocycles. The molecule has 0 bridgehead atoms. The van der Waals surface area contributed by atoms with Gasteiger partial charge < -0.3 is 9.64 Å². The van der Waals surface area contributed by atoms with E-state index in [-0.39, 0.29) is 12.5 Å². The van der Waals surface area contributed by atoms with Crippen LogP contribution in [0.2, 0.25) is 0 Å². The normalized spacial score (nSPS) is 12.9. The molecule has 0 saturated heterocycles. The number of thiazole rings is 1. The number of carbonyl (C=O) groups excluding carboxylic acids is 2. The summed E-state index contributed by atoms with van der Waals surface area (Å²) in [5.41, 5.74) is 4.90. The summed E-state index contributed by atoms with van der Waals surface area (Å²) in [5, 5.41) is 4.91. The molecule has 1 aromatic carbocycles. The van der Waals surface area contributed by atoms with E-state index in [2.05, 4.69) is 11.1 Å². The molecule has 27 heavy (non-hydrogen) atoms. The van der Waals surface area contributed by atoms with Crippen LogP contribution in [0.5, 0.6) is 0 Å². The van der Waals surface area contributed by atoms with Crippen LogP contribution in [0.3, 0.4) is 0 Å². The lowest BCUT2D eigenvalue weighted by atomic mass is 10.1. The number of hydrogen-bond acceptors (Lipinski definition) is 6. The van der Waals surface area contributed by atoms with Gasteiger partial charge in [0.05, 0.1) is 10.7 Å². The Balaban J connectivity index is 1.45. The summed E-state index contributed by atoms with van der Waals surface area (Å²) in [6.45, 7) is 4.19. The van der Waals surface area contributed by atoms with Crippen molar-refractivity contribution in [1.29, 1.82) is 0 Å². The molecule has 0 radical (unpaired) electrons. The first-order valence-corrected chi connectivity index (χ1v) is 10.4. The second-order valence-corrected chi connectivity index (χ2v) is 8.38. The monoisotopic (exact) mass is 398 g/mol. The minimum Gasteiger partial charge on any atom is -0.451 e. The number of hydrogen-bond donors (Lipinski definition) is 0. The molecule has 138 valence electrons. The van der Waals surface area contributed by atoms with Gasteiger partial charge >= 0.3 is 5.97 Å². The summed E-state index contributed by atoms with van der Waals surface area (Å²) >= 11 is 2.95. The molecule has 0 unspecified atom stereocenters. The molecule has 1 aliphatic rings. The van der Waals surface area contributed by atoms with Crippen molar-refractivity contribution < 1.29 is 14.3 Å². The SMILES string of the molecule is Cc1nc(-c2ccc3c(c2)CCN3C(=O)COC(=O)c2sccc2C)cs1. The van der Waals surface area contributed by atoms with Crippen LogP contribution in [0.4, 0.5) is 5.69 Å². The van der Waals surface area contributed by atoms with Gasteiger partial charge in [0, 0.05) is 23.2 Å². The molecule has 0 atom stereocenters. The molecular weight excluding hydrogens is 380 g/mol. The van der Waals surface area contributed by atoms with Crippen molar-refractivity contribution in [1.82, 2.24) is 4.98 Å². The van der Waals surface area contributed by atoms with Gasteiger partial charge in [-0.3, -0.25) is 4.79 Å². The largest absolute Gasteiger partial charge is 0.451 e. The minimum atomic E-state index is -0.440. The third-order valence-electron chi connectivity index (χ3n) is 4.57. The van der Waals surface area contributed by atoms with Crippen molar-refractivity contribution in [3.05, 3.63) is 56.0 Å². The van der Waals surface area contributed by atoms with Gasteiger partial charge in [-0.2, -0.15) is 0 Å². The lowest BCUT2D eigenvalue weighted by Crippen LogP contribution is -2.33. The van der Waals surface area contributed by atoms with Crippen LogP contribution < -0.4 is 4.90 Å². The van der Waals surface area contributed by atoms with E-state index < -0.39 is 5.97 Å². The zero-order valence-electron chi connectivity index (χ0n) is 15.0. The highest BCUT2D eigenvalue weighted by Crippen LogP contribution is 2.32. The lowest BCUT2D eigenvalue weighted by Gasteiger charge is -2.17. The van der Waals surface area contributed by atoms with Gasteiger partial charge in [-0.25, -0.2) is 9.78 Å². The average molecular weight is 399 g/mol. The zero-order chi connectivity index (χ0) is 19.0. The van der Waals surface area contributed by atoms with Gasteiger partial charge in [-0.05, 0) is 55.0 Å². The van der Waals surface area contributed by atoms with Crippen LogP contribution in [-0.2, 0) is 16.0 Å². The summed E-state index contributed by atoms with van der Waals surface area (Å²) in [5.74, 6) is -0.641. The van der Waals surface area contributed by atoms with Crippen molar-refractivity contribution in [2.75, 3.05) is 18.1 Å². The first-order chi connectivity index (χ1) is 13.0. The zero-order valence-corrected chi connectivity index (χ0v) is 16.7. The van der Waals surface area contributed by atoms with E-state index >= 15 is 0 Å². The van der Waals surface area contributed by atoms with Crippen LogP contribution in [-0.4, -0.2) is 30.0 Å². The first kappa shape index (κ1) is 17.9. The molecule has 4 rings (SSSR count). The molecule has 3 aromatic rings. The molecule has 1 aliphatic heterocycles. The van der Waals surface area contributed by atoms with Crippen molar-refractivity contribution in [3.8, 4) is 11.3 Å². The number of benzene rings is 1. The molecule has 0 spiro atoms. The summed E-state index contributed by atoms with van der Waals surface area (Å²) < 4.78 is 5.22. The highest BCUT2D eigenvalue weighted by Gasteiger charge is 2.26. The Bertz CT molecular complexity index is 1020. The molecule has 0 fully saturated rings. The predicted octanol–water partition coefficient (Wildman–Crippen LogP) is 4.23. The fourth-order valence-corrected chi connectivity index (χ4v) is 4.61. The predicted molar refractivity (Wildman–Crippen MR) is 108 cm³/mol. The van der Waals surface area contributed by atoms with Gasteiger partial charge in [0.2, 0.25) is 0 Å². The van der Waals surface area contributed by atoms with Crippen molar-refractivity contribution in [2.24, 2.45) is 0 Å². The number of amides is 1. The number of rotatable bonds is 4. The van der Waals surface area contributed by atoms with Crippen LogP contribution in [0, 0.1) is 13.8 Å². The Morgan fingerprint density at radius 3 is 2.78 bits per heavy atom. The van der Waals surface area contributed by atoms with Gasteiger partial charge in [-0.15, -0.1) is 22.7 Å². The van der Waals surface area contributed by atoms with Crippen molar-refractivity contribution in [2.45, 2.75) is 20.3 Å². The first-order valence-electron chi connectivity index (χ1n) is 8.60. The van der Waals surface area contributed by atoms with E-state index in [1.165, 1.54) is 11.3 Å². The van der Waals surface area contributed by atoms with Crippen molar-refractivity contribution in [3.63, 3.8) is 0 Å². The molecule has 1 amide bonds. The average Bonchev–Trinajstić information content (AvgIpc) is 3.38. The number of aromatic nitrogens is 1. The van der Waals surface area contributed by atoms with Gasteiger partial charge in [0.25, 0.3) is 5.91 Å². The van der Waals surface area contributed by atoms with E-state index in [9.17, 15) is 9.59 Å². The topological polar surface area (TPSA) is 59.5 Å². The Morgan fingerprint density at radius 2 is 2.07 bits per heavy atom. The highest BCUT2D eigenvalue weighted by atomic mass is 32.1. The highest BCUT2D eigenvalue weighted by molar-refractivity contribution is 7.12. The minimum absolute atomic E-state index is 0.200. The van der Waals surface area contributed by atoms with Crippen LogP contribution in [0.25, 0.3) is 11.3 Å². The number of ether oxygens (including phenoxy) is 1. The molecule has 2 aromatic heterocycles. The molecular formula is C20H18N2O3S2. The molecule has 5 nitrogen and oxygen atoms in total. The summed E-state index contributed by atoms with van der Waals surface area (Å²) in [6.07, 6.45) is 0.788. The molecule has 7 heteroatoms. The maximum Gasteiger partial charge on any atom is 0.349 e. The summed E-state index contributed by atoms with van der Waals surface area (Å²) in [7, 11) is 0. The van der Waals surface area contributed by atoms with Crippen LogP contribution in [0.15, 0.2) is 35.0 Å². The maximum atomic E-state index is 12.6. The van der Waals surface area contributed by atoms with E-state index in [4.69, 9.17) is 4.74 Å². The molecule has 0 N–H and O–H groups in total. The third-order valence-corrected chi connectivity index (χ3v) is 6.34. The number of nitrogens with zero attached hydrogens (tertiary/aromatic N) is 2. The van der Waals surface area contributed by atoms with Gasteiger partial charge in [0.15, 0.2) is 6.61 Å². The number of carbonyl (C=O) groups is 2. The molecule has 0 saturated carbocycles. The smallest absolute Gasteiger partial charge is 0.349 e. The Hall–Kier alpha value is -2.51. The number of anilines is 1. The lowest BCUT2D eigenvalue weighted by molar-refractivity contribution is -0.121. The fourth-order valence-electron chi connectivity index (χ4n) is 3.17. The number of fused-ring (bicyclic) bond motifs is 1. The Kier molecular flexibility index (Phi) is 4.80. The standard InChI is InChI=1S/C20H18N2O3S2/c1-12-6-8-26-19(12)20(24)25-10-18(23)22-7-5-15-9-14(3-4-17(15)22)16-11-27-13(2)21-16/h3-4,6,8-9,11H,5,7,10H2,1-2H3. The van der Waals surface area contributed by atoms with E-state index in [0.29, 0.717) is 11.4 Å². The second-order valence-electron chi connectivity index (χ2n) is 6.40. The van der Waals surface area contributed by atoms with Crippen LogP contribution in [0.1, 0.15) is 25.8 Å². The van der Waals surface area contributed by atoms with E-state index in [0.717, 1.165) is 39.5 Å². The fraction of sp³-hybridized carbons (Fsp3) is 0.250. The van der Waals surface area contributed by atoms with E-state index in [1.54, 1.807) is 16.2 Å². The van der Waals surface area contributed by atoms with Gasteiger partial charge in [-0.1, -0.05) is 6.07 Å². The van der Waals surface area contributed by atoms with Crippen molar-refractivity contribution >= 4 is 40.2 Å². The number of thiophene rings is 1. The Labute approximate surface area is 165 Å². The number of esters is 1. The molecule has 3 heterocycles. The number of aryl methyl sites for hydroxylation is 2. The third kappa shape index (κ3) is 3.52. The van der Waals surface area contributed by atoms with Gasteiger partial charge in [0.1, 0.15) is 4.88 Å². The van der Waals surface area contributed by atoms with E-state index in [1.807, 2.05) is 42.8 Å². The maximum absolute atomic E-state index is 12.6.